The van der Waals surface area contributed by atoms with E-state index in [9.17, 15) is 9.59 Å². The van der Waals surface area contributed by atoms with E-state index in [1.165, 1.54) is 0 Å². The van der Waals surface area contributed by atoms with Crippen LogP contribution in [0.5, 0.6) is 11.5 Å². The summed E-state index contributed by atoms with van der Waals surface area (Å²) in [6.07, 6.45) is 0.118. The van der Waals surface area contributed by atoms with Crippen LogP contribution in [0.15, 0.2) is 48.5 Å². The number of carbonyl (C=O) groups is 2. The molecule has 2 atom stereocenters. The Balaban J connectivity index is 1.80. The van der Waals surface area contributed by atoms with Gasteiger partial charge in [0.1, 0.15) is 11.5 Å². The maximum Gasteiger partial charge on any atom is 0.310 e. The molecule has 1 amide bonds. The molecule has 0 saturated heterocycles. The van der Waals surface area contributed by atoms with Crippen LogP contribution < -0.4 is 14.8 Å². The van der Waals surface area contributed by atoms with E-state index in [1.807, 2.05) is 24.3 Å². The Morgan fingerprint density at radius 2 is 1.66 bits per heavy atom. The lowest BCUT2D eigenvalue weighted by Crippen LogP contribution is -2.30. The standard InChI is InChI=1S/C23H29NO5/c1-5-16(2)20-8-6-7-9-21(20)24-23(26)17(3)29-22(25)14-15-28-19-12-10-18(27-4)11-13-19/h6-13,16-17H,5,14-15H2,1-4H3,(H,24,26). The van der Waals surface area contributed by atoms with Gasteiger partial charge in [-0.3, -0.25) is 9.59 Å². The van der Waals surface area contributed by atoms with E-state index in [0.717, 1.165) is 23.4 Å². The van der Waals surface area contributed by atoms with Crippen LogP contribution in [0.3, 0.4) is 0 Å². The summed E-state index contributed by atoms with van der Waals surface area (Å²) in [5.74, 6) is 0.832. The molecule has 0 aromatic heterocycles. The van der Waals surface area contributed by atoms with Crippen molar-refractivity contribution in [3.8, 4) is 11.5 Å². The first-order chi connectivity index (χ1) is 13.9. The number of hydrogen-bond donors (Lipinski definition) is 1. The zero-order valence-corrected chi connectivity index (χ0v) is 17.4. The summed E-state index contributed by atoms with van der Waals surface area (Å²) in [5, 5.41) is 2.86. The molecule has 6 heteroatoms. The van der Waals surface area contributed by atoms with Crippen molar-refractivity contribution in [2.75, 3.05) is 19.0 Å². The first-order valence-corrected chi connectivity index (χ1v) is 9.80. The molecule has 0 aliphatic heterocycles. The largest absolute Gasteiger partial charge is 0.497 e. The molecule has 0 fully saturated rings. The quantitative estimate of drug-likeness (QED) is 0.594. The summed E-state index contributed by atoms with van der Waals surface area (Å²) in [6, 6.07) is 14.7. The number of anilines is 1. The summed E-state index contributed by atoms with van der Waals surface area (Å²) in [6.45, 7) is 5.93. The van der Waals surface area contributed by atoms with Crippen LogP contribution in [0.2, 0.25) is 0 Å². The highest BCUT2D eigenvalue weighted by atomic mass is 16.5. The molecule has 0 saturated carbocycles. The molecule has 6 nitrogen and oxygen atoms in total. The third-order valence-electron chi connectivity index (χ3n) is 4.67. The predicted molar refractivity (Wildman–Crippen MR) is 112 cm³/mol. The van der Waals surface area contributed by atoms with E-state index in [-0.39, 0.29) is 18.9 Å². The van der Waals surface area contributed by atoms with Gasteiger partial charge >= 0.3 is 5.97 Å². The summed E-state index contributed by atoms with van der Waals surface area (Å²) in [7, 11) is 1.59. The SMILES string of the molecule is CCC(C)c1ccccc1NC(=O)C(C)OC(=O)CCOc1ccc(OC)cc1. The average molecular weight is 399 g/mol. The Hall–Kier alpha value is -3.02. The molecular weight excluding hydrogens is 370 g/mol. The van der Waals surface area contributed by atoms with Gasteiger partial charge in [-0.15, -0.1) is 0 Å². The second kappa shape index (κ2) is 11.1. The van der Waals surface area contributed by atoms with Crippen LogP contribution in [0.1, 0.15) is 45.1 Å². The molecule has 0 radical (unpaired) electrons. The third kappa shape index (κ3) is 6.82. The van der Waals surface area contributed by atoms with Crippen LogP contribution in [0.4, 0.5) is 5.69 Å². The number of esters is 1. The van der Waals surface area contributed by atoms with E-state index >= 15 is 0 Å². The van der Waals surface area contributed by atoms with Gasteiger partial charge in [-0.2, -0.15) is 0 Å². The highest BCUT2D eigenvalue weighted by Crippen LogP contribution is 2.26. The van der Waals surface area contributed by atoms with Gasteiger partial charge in [0, 0.05) is 5.69 Å². The van der Waals surface area contributed by atoms with Crippen LogP contribution in [-0.4, -0.2) is 31.7 Å². The van der Waals surface area contributed by atoms with Gasteiger partial charge < -0.3 is 19.5 Å². The summed E-state index contributed by atoms with van der Waals surface area (Å²) < 4.78 is 15.8. The van der Waals surface area contributed by atoms with Crippen molar-refractivity contribution in [1.82, 2.24) is 0 Å². The second-order valence-electron chi connectivity index (χ2n) is 6.79. The number of hydrogen-bond acceptors (Lipinski definition) is 5. The Bertz CT molecular complexity index is 803. The van der Waals surface area contributed by atoms with Gasteiger partial charge in [-0.1, -0.05) is 32.0 Å². The van der Waals surface area contributed by atoms with Crippen LogP contribution in [0.25, 0.3) is 0 Å². The Morgan fingerprint density at radius 1 is 1.00 bits per heavy atom. The van der Waals surface area contributed by atoms with E-state index in [4.69, 9.17) is 14.2 Å². The van der Waals surface area contributed by atoms with Crippen LogP contribution in [0, 0.1) is 0 Å². The van der Waals surface area contributed by atoms with Crippen molar-refractivity contribution in [2.24, 2.45) is 0 Å². The van der Waals surface area contributed by atoms with E-state index in [0.29, 0.717) is 11.7 Å². The van der Waals surface area contributed by atoms with E-state index in [2.05, 4.69) is 19.2 Å². The maximum absolute atomic E-state index is 12.4. The van der Waals surface area contributed by atoms with Gasteiger partial charge in [0.05, 0.1) is 20.1 Å². The van der Waals surface area contributed by atoms with Crippen molar-refractivity contribution in [3.05, 3.63) is 54.1 Å². The minimum absolute atomic E-state index is 0.0487. The molecule has 0 aliphatic rings. The molecule has 2 aromatic carbocycles. The minimum Gasteiger partial charge on any atom is -0.497 e. The molecular formula is C23H29NO5. The number of para-hydroxylation sites is 1. The zero-order valence-electron chi connectivity index (χ0n) is 17.4. The van der Waals surface area contributed by atoms with Crippen molar-refractivity contribution in [2.45, 2.75) is 45.6 Å². The molecule has 2 unspecified atom stereocenters. The van der Waals surface area contributed by atoms with Crippen molar-refractivity contribution < 1.29 is 23.8 Å². The average Bonchev–Trinajstić information content (AvgIpc) is 2.74. The van der Waals surface area contributed by atoms with E-state index < -0.39 is 12.1 Å². The fourth-order valence-electron chi connectivity index (χ4n) is 2.73. The van der Waals surface area contributed by atoms with Gasteiger partial charge in [-0.05, 0) is 55.2 Å². The normalized spacial score (nSPS) is 12.6. The lowest BCUT2D eigenvalue weighted by atomic mass is 9.97. The maximum atomic E-state index is 12.4. The number of benzene rings is 2. The minimum atomic E-state index is -0.895. The zero-order chi connectivity index (χ0) is 21.2. The molecule has 156 valence electrons. The molecule has 0 spiro atoms. The highest BCUT2D eigenvalue weighted by molar-refractivity contribution is 5.95. The van der Waals surface area contributed by atoms with Gasteiger partial charge in [0.15, 0.2) is 6.10 Å². The van der Waals surface area contributed by atoms with Crippen LogP contribution in [-0.2, 0) is 14.3 Å². The Morgan fingerprint density at radius 3 is 2.31 bits per heavy atom. The molecule has 0 bridgehead atoms. The molecule has 2 rings (SSSR count). The fourth-order valence-corrected chi connectivity index (χ4v) is 2.73. The lowest BCUT2D eigenvalue weighted by molar-refractivity contribution is -0.153. The van der Waals surface area contributed by atoms with Crippen molar-refractivity contribution in [1.29, 1.82) is 0 Å². The van der Waals surface area contributed by atoms with Crippen molar-refractivity contribution >= 4 is 17.6 Å². The number of carbonyl (C=O) groups excluding carboxylic acids is 2. The van der Waals surface area contributed by atoms with Crippen molar-refractivity contribution in [3.63, 3.8) is 0 Å². The number of methoxy groups -OCH3 is 1. The first kappa shape index (κ1) is 22.3. The summed E-state index contributed by atoms with van der Waals surface area (Å²) in [5.41, 5.74) is 1.81. The molecule has 29 heavy (non-hydrogen) atoms. The molecule has 1 N–H and O–H groups in total. The third-order valence-corrected chi connectivity index (χ3v) is 4.67. The summed E-state index contributed by atoms with van der Waals surface area (Å²) >= 11 is 0. The first-order valence-electron chi connectivity index (χ1n) is 9.80. The second-order valence-corrected chi connectivity index (χ2v) is 6.79. The van der Waals surface area contributed by atoms with Crippen LogP contribution >= 0.6 is 0 Å². The molecule has 0 heterocycles. The number of amides is 1. The topological polar surface area (TPSA) is 73.9 Å². The highest BCUT2D eigenvalue weighted by Gasteiger charge is 2.19. The van der Waals surface area contributed by atoms with E-state index in [1.54, 1.807) is 38.3 Å². The van der Waals surface area contributed by atoms with Gasteiger partial charge in [0.25, 0.3) is 5.91 Å². The smallest absolute Gasteiger partial charge is 0.310 e. The molecule has 0 aliphatic carbocycles. The van der Waals surface area contributed by atoms with Gasteiger partial charge in [0.2, 0.25) is 0 Å². The Kier molecular flexibility index (Phi) is 8.52. The number of rotatable bonds is 10. The number of ether oxygens (including phenoxy) is 3. The fraction of sp³-hybridized carbons (Fsp3) is 0.391. The molecule has 2 aromatic rings. The predicted octanol–water partition coefficient (Wildman–Crippen LogP) is 4.55. The Labute approximate surface area is 172 Å². The lowest BCUT2D eigenvalue weighted by Gasteiger charge is -2.18. The monoisotopic (exact) mass is 399 g/mol. The summed E-state index contributed by atoms with van der Waals surface area (Å²) in [4.78, 5) is 24.5. The van der Waals surface area contributed by atoms with Gasteiger partial charge in [-0.25, -0.2) is 0 Å². The number of nitrogens with one attached hydrogen (secondary N) is 1.